The number of carbonyl (C=O) groups excluding carboxylic acids is 3. The second kappa shape index (κ2) is 8.05. The number of ether oxygens (including phenoxy) is 3. The minimum atomic E-state index is -1.31. The quantitative estimate of drug-likeness (QED) is 0.643. The Morgan fingerprint density at radius 1 is 1.29 bits per heavy atom. The van der Waals surface area contributed by atoms with Crippen LogP contribution >= 0.6 is 0 Å². The summed E-state index contributed by atoms with van der Waals surface area (Å²) in [5.74, 6) is -0.710. The molecule has 0 radical (unpaired) electrons. The molecule has 3 aliphatic rings. The van der Waals surface area contributed by atoms with Crippen LogP contribution in [0.25, 0.3) is 0 Å². The molecule has 0 spiro atoms. The standard InChI is InChI=1S/C23H30N2O6/c1-5-7-10-24-12-18(26)25-20-15-9-8-14(29-4)11-17(15)31-13-16(20)19(21(27)30-6-2)23(25,3)22(24)28/h8-9,11,16,19-20H,5-7,10,12-13H2,1-4H3/t16?,19?,20?,23-/m1/s1. The normalized spacial score (nSPS) is 29.1. The van der Waals surface area contributed by atoms with Crippen LogP contribution in [0.1, 0.15) is 45.2 Å². The van der Waals surface area contributed by atoms with E-state index in [9.17, 15) is 14.4 Å². The van der Waals surface area contributed by atoms with Crippen molar-refractivity contribution < 1.29 is 28.6 Å². The molecule has 31 heavy (non-hydrogen) atoms. The Balaban J connectivity index is 1.83. The largest absolute Gasteiger partial charge is 0.497 e. The van der Waals surface area contributed by atoms with Gasteiger partial charge >= 0.3 is 5.97 Å². The smallest absolute Gasteiger partial charge is 0.312 e. The first kappa shape index (κ1) is 21.5. The van der Waals surface area contributed by atoms with Crippen molar-refractivity contribution in [2.45, 2.75) is 45.2 Å². The van der Waals surface area contributed by atoms with Crippen molar-refractivity contribution in [3.63, 3.8) is 0 Å². The maximum Gasteiger partial charge on any atom is 0.312 e. The van der Waals surface area contributed by atoms with E-state index in [0.29, 0.717) is 18.0 Å². The first-order valence-electron chi connectivity index (χ1n) is 11.0. The van der Waals surface area contributed by atoms with Crippen molar-refractivity contribution in [1.29, 1.82) is 0 Å². The van der Waals surface area contributed by atoms with Crippen molar-refractivity contribution >= 4 is 17.8 Å². The molecule has 2 saturated heterocycles. The van der Waals surface area contributed by atoms with Gasteiger partial charge in [-0.05, 0) is 32.4 Å². The third-order valence-corrected chi connectivity index (χ3v) is 6.83. The molecule has 0 aromatic heterocycles. The van der Waals surface area contributed by atoms with Gasteiger partial charge in [0.25, 0.3) is 0 Å². The first-order chi connectivity index (χ1) is 14.9. The fraction of sp³-hybridized carbons (Fsp3) is 0.609. The Labute approximate surface area is 182 Å². The number of amides is 2. The van der Waals surface area contributed by atoms with Crippen LogP contribution < -0.4 is 9.47 Å². The topological polar surface area (TPSA) is 85.4 Å². The van der Waals surface area contributed by atoms with E-state index in [0.717, 1.165) is 18.4 Å². The zero-order valence-corrected chi connectivity index (χ0v) is 18.6. The molecule has 8 nitrogen and oxygen atoms in total. The molecule has 8 heteroatoms. The van der Waals surface area contributed by atoms with Crippen LogP contribution in [0, 0.1) is 11.8 Å². The minimum absolute atomic E-state index is 0.0273. The molecular weight excluding hydrogens is 400 g/mol. The van der Waals surface area contributed by atoms with E-state index >= 15 is 0 Å². The molecule has 168 valence electrons. The highest BCUT2D eigenvalue weighted by Gasteiger charge is 2.68. The first-order valence-corrected chi connectivity index (χ1v) is 11.0. The molecule has 4 atom stereocenters. The highest BCUT2D eigenvalue weighted by atomic mass is 16.5. The predicted octanol–water partition coefficient (Wildman–Crippen LogP) is 2.17. The zero-order chi connectivity index (χ0) is 22.3. The van der Waals surface area contributed by atoms with E-state index in [1.807, 2.05) is 19.1 Å². The molecular formula is C23H30N2O6. The van der Waals surface area contributed by atoms with Gasteiger partial charge in [0, 0.05) is 24.1 Å². The average molecular weight is 431 g/mol. The number of benzene rings is 1. The van der Waals surface area contributed by atoms with Gasteiger partial charge in [-0.15, -0.1) is 0 Å². The number of esters is 1. The van der Waals surface area contributed by atoms with Crippen molar-refractivity contribution in [2.75, 3.05) is 33.4 Å². The number of piperazine rings is 1. The number of rotatable bonds is 6. The Morgan fingerprint density at radius 2 is 2.06 bits per heavy atom. The van der Waals surface area contributed by atoms with Gasteiger partial charge in [0.15, 0.2) is 0 Å². The molecule has 3 aliphatic heterocycles. The number of hydrogen-bond donors (Lipinski definition) is 0. The van der Waals surface area contributed by atoms with E-state index in [-0.39, 0.29) is 37.5 Å². The van der Waals surface area contributed by atoms with Crippen LogP contribution in [-0.4, -0.2) is 66.5 Å². The van der Waals surface area contributed by atoms with Crippen molar-refractivity contribution in [2.24, 2.45) is 11.8 Å². The molecule has 3 unspecified atom stereocenters. The minimum Gasteiger partial charge on any atom is -0.497 e. The molecule has 4 rings (SSSR count). The summed E-state index contributed by atoms with van der Waals surface area (Å²) in [6.07, 6.45) is 1.71. The second-order valence-electron chi connectivity index (χ2n) is 8.54. The molecule has 0 bridgehead atoms. The maximum atomic E-state index is 13.7. The summed E-state index contributed by atoms with van der Waals surface area (Å²) >= 11 is 0. The Bertz CT molecular complexity index is 902. The summed E-state index contributed by atoms with van der Waals surface area (Å²) < 4.78 is 16.7. The van der Waals surface area contributed by atoms with E-state index in [4.69, 9.17) is 14.2 Å². The average Bonchev–Trinajstić information content (AvgIpc) is 3.05. The summed E-state index contributed by atoms with van der Waals surface area (Å²) in [6.45, 7) is 6.45. The van der Waals surface area contributed by atoms with Crippen LogP contribution in [0.2, 0.25) is 0 Å². The number of unbranched alkanes of at least 4 members (excludes halogenated alkanes) is 1. The molecule has 1 aromatic rings. The third-order valence-electron chi connectivity index (χ3n) is 6.83. The number of fused-ring (bicyclic) bond motifs is 5. The lowest BCUT2D eigenvalue weighted by Gasteiger charge is -2.47. The van der Waals surface area contributed by atoms with Crippen LogP contribution in [0.4, 0.5) is 0 Å². The molecule has 0 saturated carbocycles. The number of hydrogen-bond acceptors (Lipinski definition) is 6. The van der Waals surface area contributed by atoms with Gasteiger partial charge in [-0.1, -0.05) is 13.3 Å². The Morgan fingerprint density at radius 3 is 2.74 bits per heavy atom. The van der Waals surface area contributed by atoms with Crippen LogP contribution in [0.5, 0.6) is 11.5 Å². The second-order valence-corrected chi connectivity index (χ2v) is 8.54. The van der Waals surface area contributed by atoms with Crippen LogP contribution in [0.15, 0.2) is 18.2 Å². The SMILES string of the molecule is CCCCN1CC(=O)N2C3c4ccc(OC)cc4OCC3C(C(=O)OCC)[C@]2(C)C1=O. The van der Waals surface area contributed by atoms with Gasteiger partial charge in [-0.25, -0.2) is 0 Å². The van der Waals surface area contributed by atoms with Gasteiger partial charge < -0.3 is 24.0 Å². The summed E-state index contributed by atoms with van der Waals surface area (Å²) in [5.41, 5.74) is -0.520. The lowest BCUT2D eigenvalue weighted by atomic mass is 9.77. The predicted molar refractivity (Wildman–Crippen MR) is 112 cm³/mol. The maximum absolute atomic E-state index is 13.7. The van der Waals surface area contributed by atoms with Crippen molar-refractivity contribution in [3.05, 3.63) is 23.8 Å². The molecule has 1 aromatic carbocycles. The monoisotopic (exact) mass is 430 g/mol. The number of carbonyl (C=O) groups is 3. The van der Waals surface area contributed by atoms with Crippen molar-refractivity contribution in [3.8, 4) is 11.5 Å². The molecule has 0 aliphatic carbocycles. The molecule has 2 amide bonds. The summed E-state index contributed by atoms with van der Waals surface area (Å²) in [6, 6.07) is 5.02. The lowest BCUT2D eigenvalue weighted by Crippen LogP contribution is -2.67. The van der Waals surface area contributed by atoms with Gasteiger partial charge in [0.2, 0.25) is 11.8 Å². The van der Waals surface area contributed by atoms with Crippen LogP contribution in [0.3, 0.4) is 0 Å². The van der Waals surface area contributed by atoms with Gasteiger partial charge in [-0.3, -0.25) is 14.4 Å². The van der Waals surface area contributed by atoms with Gasteiger partial charge in [0.05, 0.1) is 38.8 Å². The molecule has 2 fully saturated rings. The zero-order valence-electron chi connectivity index (χ0n) is 18.6. The van der Waals surface area contributed by atoms with Crippen molar-refractivity contribution in [1.82, 2.24) is 9.80 Å². The highest BCUT2D eigenvalue weighted by Crippen LogP contribution is 2.56. The fourth-order valence-corrected chi connectivity index (χ4v) is 5.43. The molecule has 0 N–H and O–H groups in total. The summed E-state index contributed by atoms with van der Waals surface area (Å²) in [7, 11) is 1.58. The van der Waals surface area contributed by atoms with E-state index in [2.05, 4.69) is 0 Å². The summed E-state index contributed by atoms with van der Waals surface area (Å²) in [4.78, 5) is 43.5. The Kier molecular flexibility index (Phi) is 5.58. The van der Waals surface area contributed by atoms with Gasteiger partial charge in [-0.2, -0.15) is 0 Å². The fourth-order valence-electron chi connectivity index (χ4n) is 5.43. The lowest BCUT2D eigenvalue weighted by molar-refractivity contribution is -0.170. The van der Waals surface area contributed by atoms with Crippen LogP contribution in [-0.2, 0) is 19.1 Å². The number of methoxy groups -OCH3 is 1. The number of nitrogens with zero attached hydrogens (tertiary/aromatic N) is 2. The Hall–Kier alpha value is -2.77. The van der Waals surface area contributed by atoms with E-state index < -0.39 is 23.5 Å². The van der Waals surface area contributed by atoms with Gasteiger partial charge in [0.1, 0.15) is 17.0 Å². The van der Waals surface area contributed by atoms with E-state index in [1.54, 1.807) is 36.8 Å². The van der Waals surface area contributed by atoms with E-state index in [1.165, 1.54) is 0 Å². The summed E-state index contributed by atoms with van der Waals surface area (Å²) in [5, 5.41) is 0. The third kappa shape index (κ3) is 3.15. The molecule has 3 heterocycles. The highest BCUT2D eigenvalue weighted by molar-refractivity contribution is 6.02.